The van der Waals surface area contributed by atoms with Crippen molar-refractivity contribution in [2.45, 2.75) is 20.3 Å². The summed E-state index contributed by atoms with van der Waals surface area (Å²) < 4.78 is 4.93. The predicted octanol–water partition coefficient (Wildman–Crippen LogP) is 1.46. The van der Waals surface area contributed by atoms with Gasteiger partial charge >= 0.3 is 0 Å². The van der Waals surface area contributed by atoms with Gasteiger partial charge in [-0.2, -0.15) is 0 Å². The number of nitrogens with zero attached hydrogens (tertiary/aromatic N) is 1. The fourth-order valence-corrected chi connectivity index (χ4v) is 0.298. The third kappa shape index (κ3) is 5.47. The number of aliphatic imine (C=N–C) groups is 1. The van der Waals surface area contributed by atoms with Gasteiger partial charge in [0.25, 0.3) is 0 Å². The van der Waals surface area contributed by atoms with Crippen LogP contribution in [0.4, 0.5) is 0 Å². The van der Waals surface area contributed by atoms with Crippen molar-refractivity contribution in [2.24, 2.45) is 4.99 Å². The summed E-state index contributed by atoms with van der Waals surface area (Å²) in [4.78, 5) is 3.86. The Morgan fingerprint density at radius 2 is 2.25 bits per heavy atom. The Morgan fingerprint density at radius 1 is 1.50 bits per heavy atom. The fourth-order valence-electron chi connectivity index (χ4n) is 0.298. The van der Waals surface area contributed by atoms with Crippen LogP contribution in [-0.2, 0) is 4.74 Å². The second-order valence-electron chi connectivity index (χ2n) is 1.48. The molecule has 0 aliphatic heterocycles. The Kier molecular flexibility index (Phi) is 6.04. The molecule has 48 valence electrons. The average Bonchev–Trinajstić information content (AvgIpc) is 1.81. The smallest absolute Gasteiger partial charge is 0.169 e. The van der Waals surface area contributed by atoms with E-state index in [0.29, 0.717) is 0 Å². The van der Waals surface area contributed by atoms with Crippen molar-refractivity contribution in [1.29, 1.82) is 0 Å². The molecule has 0 N–H and O–H groups in total. The molecule has 0 aliphatic rings. The summed E-state index contributed by atoms with van der Waals surface area (Å²) in [6, 6.07) is 0. The molecule has 0 spiro atoms. The molecule has 0 amide bonds. The fraction of sp³-hybridized carbons (Fsp3) is 0.833. The molecular formula is C6H13NO. The van der Waals surface area contributed by atoms with Crippen molar-refractivity contribution in [3.63, 3.8) is 0 Å². The second-order valence-corrected chi connectivity index (χ2v) is 1.48. The maximum Gasteiger partial charge on any atom is 0.169 e. The molecule has 0 aliphatic carbocycles. The maximum absolute atomic E-state index is 4.93. The molecule has 2 heteroatoms. The lowest BCUT2D eigenvalue weighted by Crippen LogP contribution is -1.88. The molecule has 0 bridgehead atoms. The number of ether oxygens (including phenoxy) is 1. The van der Waals surface area contributed by atoms with Crippen LogP contribution < -0.4 is 0 Å². The van der Waals surface area contributed by atoms with E-state index in [-0.39, 0.29) is 0 Å². The summed E-state index contributed by atoms with van der Waals surface area (Å²) in [6.07, 6.45) is 2.57. The van der Waals surface area contributed by atoms with Gasteiger partial charge in [-0.25, -0.2) is 0 Å². The first-order chi connectivity index (χ1) is 3.91. The molecule has 0 aromatic heterocycles. The quantitative estimate of drug-likeness (QED) is 0.309. The normalized spacial score (nSPS) is 10.2. The van der Waals surface area contributed by atoms with Crippen molar-refractivity contribution in [2.75, 3.05) is 13.2 Å². The first kappa shape index (κ1) is 7.47. The molecule has 0 aromatic rings. The topological polar surface area (TPSA) is 21.6 Å². The van der Waals surface area contributed by atoms with Crippen LogP contribution in [0.5, 0.6) is 0 Å². The zero-order valence-electron chi connectivity index (χ0n) is 5.55. The zero-order valence-corrected chi connectivity index (χ0v) is 5.55. The van der Waals surface area contributed by atoms with E-state index in [0.717, 1.165) is 19.6 Å². The van der Waals surface area contributed by atoms with Gasteiger partial charge in [-0.3, -0.25) is 4.99 Å². The third-order valence-electron chi connectivity index (χ3n) is 0.654. The van der Waals surface area contributed by atoms with E-state index in [4.69, 9.17) is 4.74 Å². The monoisotopic (exact) mass is 115 g/mol. The summed E-state index contributed by atoms with van der Waals surface area (Å²) in [5.74, 6) is 0. The van der Waals surface area contributed by atoms with Crippen molar-refractivity contribution in [3.8, 4) is 0 Å². The summed E-state index contributed by atoms with van der Waals surface area (Å²) in [5, 5.41) is 0. The minimum atomic E-state index is 0.781. The van der Waals surface area contributed by atoms with Gasteiger partial charge < -0.3 is 4.74 Å². The van der Waals surface area contributed by atoms with Gasteiger partial charge in [0, 0.05) is 6.54 Å². The highest BCUT2D eigenvalue weighted by molar-refractivity contribution is 5.45. The van der Waals surface area contributed by atoms with Gasteiger partial charge in [0.15, 0.2) is 6.40 Å². The Bertz CT molecular complexity index is 61.5. The predicted molar refractivity (Wildman–Crippen MR) is 35.3 cm³/mol. The van der Waals surface area contributed by atoms with Crippen molar-refractivity contribution in [1.82, 2.24) is 0 Å². The Hall–Kier alpha value is -0.530. The lowest BCUT2D eigenvalue weighted by molar-refractivity contribution is 0.318. The van der Waals surface area contributed by atoms with Crippen LogP contribution in [0.2, 0.25) is 0 Å². The van der Waals surface area contributed by atoms with Gasteiger partial charge in [-0.1, -0.05) is 6.92 Å². The van der Waals surface area contributed by atoms with Gasteiger partial charge in [-0.05, 0) is 13.3 Å². The first-order valence-corrected chi connectivity index (χ1v) is 3.01. The third-order valence-corrected chi connectivity index (χ3v) is 0.654. The molecule has 0 atom stereocenters. The minimum absolute atomic E-state index is 0.781. The molecule has 0 rings (SSSR count). The van der Waals surface area contributed by atoms with Gasteiger partial charge in [0.05, 0.1) is 6.61 Å². The summed E-state index contributed by atoms with van der Waals surface area (Å²) in [6.45, 7) is 5.64. The van der Waals surface area contributed by atoms with Crippen molar-refractivity contribution < 1.29 is 4.74 Å². The summed E-state index contributed by atoms with van der Waals surface area (Å²) in [7, 11) is 0. The van der Waals surface area contributed by atoms with E-state index in [9.17, 15) is 0 Å². The van der Waals surface area contributed by atoms with Gasteiger partial charge in [-0.15, -0.1) is 0 Å². The molecule has 0 saturated heterocycles. The minimum Gasteiger partial charge on any atom is -0.484 e. The largest absolute Gasteiger partial charge is 0.484 e. The second kappa shape index (κ2) is 6.47. The highest BCUT2D eigenvalue weighted by Gasteiger charge is 1.72. The standard InChI is InChI=1S/C6H13NO/c1-3-5-8-6-7-4-2/h6H,3-5H2,1-2H3. The van der Waals surface area contributed by atoms with Crippen LogP contribution >= 0.6 is 0 Å². The maximum atomic E-state index is 4.93. The number of hydrogen-bond acceptors (Lipinski definition) is 2. The molecule has 0 aromatic carbocycles. The van der Waals surface area contributed by atoms with Crippen molar-refractivity contribution >= 4 is 6.40 Å². The molecule has 0 unspecified atom stereocenters. The molecule has 2 nitrogen and oxygen atoms in total. The highest BCUT2D eigenvalue weighted by atomic mass is 16.5. The van der Waals surface area contributed by atoms with Gasteiger partial charge in [0.1, 0.15) is 0 Å². The Labute approximate surface area is 50.6 Å². The van der Waals surface area contributed by atoms with Crippen LogP contribution in [0.3, 0.4) is 0 Å². The molecule has 0 fully saturated rings. The summed E-state index contributed by atoms with van der Waals surface area (Å²) in [5.41, 5.74) is 0. The van der Waals surface area contributed by atoms with Crippen LogP contribution in [0.25, 0.3) is 0 Å². The van der Waals surface area contributed by atoms with Gasteiger partial charge in [0.2, 0.25) is 0 Å². The summed E-state index contributed by atoms with van der Waals surface area (Å²) >= 11 is 0. The highest BCUT2D eigenvalue weighted by Crippen LogP contribution is 1.75. The Morgan fingerprint density at radius 3 is 2.75 bits per heavy atom. The average molecular weight is 115 g/mol. The first-order valence-electron chi connectivity index (χ1n) is 3.01. The lowest BCUT2D eigenvalue weighted by Gasteiger charge is -1.91. The van der Waals surface area contributed by atoms with Crippen LogP contribution in [-0.4, -0.2) is 19.6 Å². The van der Waals surface area contributed by atoms with Crippen LogP contribution in [0.15, 0.2) is 4.99 Å². The molecule has 0 saturated carbocycles. The van der Waals surface area contributed by atoms with Crippen LogP contribution in [0.1, 0.15) is 20.3 Å². The molecule has 0 radical (unpaired) electrons. The lowest BCUT2D eigenvalue weighted by atomic mass is 10.5. The number of rotatable bonds is 4. The molecular weight excluding hydrogens is 102 g/mol. The van der Waals surface area contributed by atoms with Crippen molar-refractivity contribution in [3.05, 3.63) is 0 Å². The van der Waals surface area contributed by atoms with E-state index in [2.05, 4.69) is 11.9 Å². The number of hydrogen-bond donors (Lipinski definition) is 0. The van der Waals surface area contributed by atoms with E-state index in [1.54, 1.807) is 0 Å². The van der Waals surface area contributed by atoms with E-state index >= 15 is 0 Å². The molecule has 0 heterocycles. The Balaban J connectivity index is 2.80. The van der Waals surface area contributed by atoms with Crippen LogP contribution in [0, 0.1) is 0 Å². The van der Waals surface area contributed by atoms with E-state index < -0.39 is 0 Å². The SMILES string of the molecule is CCCOC=NCC. The zero-order chi connectivity index (χ0) is 6.24. The van der Waals surface area contributed by atoms with E-state index in [1.165, 1.54) is 6.40 Å². The van der Waals surface area contributed by atoms with E-state index in [1.807, 2.05) is 6.92 Å². The molecule has 8 heavy (non-hydrogen) atoms.